The van der Waals surface area contributed by atoms with Crippen molar-refractivity contribution in [2.45, 2.75) is 46.0 Å². The first-order valence-electron chi connectivity index (χ1n) is 7.98. The molecule has 20 heavy (non-hydrogen) atoms. The van der Waals surface area contributed by atoms with Gasteiger partial charge in [0, 0.05) is 19.0 Å². The molecular weight excluding hydrogens is 254 g/mol. The van der Waals surface area contributed by atoms with Gasteiger partial charge in [0.05, 0.1) is 5.41 Å². The standard InChI is InChI=1S/C16H25NO3/c1-10(2)16(15(19)20)7-8-17(9-16)14(18)13(11-3-4-11)12-5-6-12/h10-13H,3-9H2,1-2H3,(H,19,20). The highest BCUT2D eigenvalue weighted by atomic mass is 16.4. The Morgan fingerprint density at radius 2 is 1.70 bits per heavy atom. The van der Waals surface area contributed by atoms with Crippen LogP contribution in [-0.4, -0.2) is 35.0 Å². The zero-order valence-electron chi connectivity index (χ0n) is 12.5. The molecule has 0 aromatic rings. The normalized spacial score (nSPS) is 30.3. The number of carbonyl (C=O) groups excluding carboxylic acids is 1. The molecule has 1 atom stereocenters. The first-order chi connectivity index (χ1) is 9.45. The summed E-state index contributed by atoms with van der Waals surface area (Å²) in [6, 6.07) is 0. The lowest BCUT2D eigenvalue weighted by Crippen LogP contribution is -2.42. The maximum atomic E-state index is 12.8. The highest BCUT2D eigenvalue weighted by Gasteiger charge is 2.52. The number of aliphatic carboxylic acids is 1. The smallest absolute Gasteiger partial charge is 0.311 e. The lowest BCUT2D eigenvalue weighted by atomic mass is 9.76. The van der Waals surface area contributed by atoms with E-state index in [1.165, 1.54) is 25.7 Å². The molecule has 0 aromatic carbocycles. The lowest BCUT2D eigenvalue weighted by Gasteiger charge is -2.30. The van der Waals surface area contributed by atoms with Crippen LogP contribution in [0.1, 0.15) is 46.0 Å². The van der Waals surface area contributed by atoms with Crippen molar-refractivity contribution in [2.24, 2.45) is 29.1 Å². The topological polar surface area (TPSA) is 57.6 Å². The highest BCUT2D eigenvalue weighted by Crippen LogP contribution is 2.51. The predicted octanol–water partition coefficient (Wildman–Crippen LogP) is 2.38. The minimum absolute atomic E-state index is 0.0677. The summed E-state index contributed by atoms with van der Waals surface area (Å²) in [5, 5.41) is 9.58. The first kappa shape index (κ1) is 13.9. The molecule has 1 unspecified atom stereocenters. The molecule has 112 valence electrons. The third-order valence-electron chi connectivity index (χ3n) is 5.69. The molecule has 2 aliphatic carbocycles. The number of likely N-dealkylation sites (tertiary alicyclic amines) is 1. The zero-order valence-corrected chi connectivity index (χ0v) is 12.5. The minimum atomic E-state index is -0.739. The van der Waals surface area contributed by atoms with Gasteiger partial charge in [0.15, 0.2) is 0 Å². The molecule has 1 amide bonds. The van der Waals surface area contributed by atoms with E-state index in [0.29, 0.717) is 31.3 Å². The molecule has 1 saturated heterocycles. The Kier molecular flexibility index (Phi) is 3.30. The number of nitrogens with zero attached hydrogens (tertiary/aromatic N) is 1. The molecule has 0 spiro atoms. The lowest BCUT2D eigenvalue weighted by molar-refractivity contribution is -0.151. The monoisotopic (exact) mass is 279 g/mol. The van der Waals surface area contributed by atoms with Crippen molar-refractivity contribution < 1.29 is 14.7 Å². The van der Waals surface area contributed by atoms with Crippen LogP contribution in [-0.2, 0) is 9.59 Å². The summed E-state index contributed by atoms with van der Waals surface area (Å²) in [6.07, 6.45) is 5.36. The molecule has 3 aliphatic rings. The molecule has 0 aromatic heterocycles. The molecule has 3 fully saturated rings. The number of carboxylic acid groups (broad SMARTS) is 1. The van der Waals surface area contributed by atoms with Crippen LogP contribution in [0.25, 0.3) is 0 Å². The Morgan fingerprint density at radius 3 is 2.05 bits per heavy atom. The number of carboxylic acids is 1. The summed E-state index contributed by atoms with van der Waals surface area (Å²) in [5.41, 5.74) is -0.729. The minimum Gasteiger partial charge on any atom is -0.481 e. The fraction of sp³-hybridized carbons (Fsp3) is 0.875. The molecule has 0 bridgehead atoms. The SMILES string of the molecule is CC(C)C1(C(=O)O)CCN(C(=O)C(C2CC2)C2CC2)C1. The second-order valence-corrected chi connectivity index (χ2v) is 7.33. The van der Waals surface area contributed by atoms with Crippen LogP contribution in [0.3, 0.4) is 0 Å². The summed E-state index contributed by atoms with van der Waals surface area (Å²) in [5.74, 6) is 0.962. The maximum Gasteiger partial charge on any atom is 0.311 e. The quantitative estimate of drug-likeness (QED) is 0.840. The van der Waals surface area contributed by atoms with Crippen LogP contribution in [0, 0.1) is 29.1 Å². The van der Waals surface area contributed by atoms with Crippen LogP contribution >= 0.6 is 0 Å². The van der Waals surface area contributed by atoms with Crippen LogP contribution in [0.15, 0.2) is 0 Å². The average Bonchev–Trinajstić information content (AvgIpc) is 3.30. The van der Waals surface area contributed by atoms with Crippen molar-refractivity contribution >= 4 is 11.9 Å². The van der Waals surface area contributed by atoms with Crippen LogP contribution in [0.4, 0.5) is 0 Å². The molecule has 0 radical (unpaired) electrons. The van der Waals surface area contributed by atoms with E-state index in [2.05, 4.69) is 0 Å². The van der Waals surface area contributed by atoms with Crippen LogP contribution < -0.4 is 0 Å². The van der Waals surface area contributed by atoms with Crippen molar-refractivity contribution in [3.63, 3.8) is 0 Å². The molecule has 1 N–H and O–H groups in total. The number of hydrogen-bond acceptors (Lipinski definition) is 2. The molecule has 4 nitrogen and oxygen atoms in total. The van der Waals surface area contributed by atoms with Crippen molar-refractivity contribution in [1.82, 2.24) is 4.90 Å². The number of hydrogen-bond donors (Lipinski definition) is 1. The van der Waals surface area contributed by atoms with Crippen molar-refractivity contribution in [3.8, 4) is 0 Å². The van der Waals surface area contributed by atoms with E-state index < -0.39 is 11.4 Å². The van der Waals surface area contributed by atoms with E-state index in [1.54, 1.807) is 0 Å². The summed E-state index contributed by atoms with van der Waals surface area (Å²) in [7, 11) is 0. The van der Waals surface area contributed by atoms with Gasteiger partial charge in [-0.3, -0.25) is 9.59 Å². The van der Waals surface area contributed by atoms with E-state index in [1.807, 2.05) is 18.7 Å². The Hall–Kier alpha value is -1.06. The zero-order chi connectivity index (χ0) is 14.5. The fourth-order valence-corrected chi connectivity index (χ4v) is 3.82. The Morgan fingerprint density at radius 1 is 1.15 bits per heavy atom. The third kappa shape index (κ3) is 2.23. The van der Waals surface area contributed by atoms with Gasteiger partial charge >= 0.3 is 5.97 Å². The summed E-state index contributed by atoms with van der Waals surface area (Å²) < 4.78 is 0. The van der Waals surface area contributed by atoms with Gasteiger partial charge in [-0.1, -0.05) is 13.8 Å². The van der Waals surface area contributed by atoms with Crippen LogP contribution in [0.2, 0.25) is 0 Å². The Bertz CT molecular complexity index is 413. The molecule has 2 saturated carbocycles. The van der Waals surface area contributed by atoms with E-state index in [9.17, 15) is 14.7 Å². The largest absolute Gasteiger partial charge is 0.481 e. The average molecular weight is 279 g/mol. The summed E-state index contributed by atoms with van der Waals surface area (Å²) >= 11 is 0. The highest BCUT2D eigenvalue weighted by molar-refractivity contribution is 5.83. The Labute approximate surface area is 120 Å². The fourth-order valence-electron chi connectivity index (χ4n) is 3.82. The summed E-state index contributed by atoms with van der Waals surface area (Å²) in [6.45, 7) is 4.96. The van der Waals surface area contributed by atoms with Crippen molar-refractivity contribution in [2.75, 3.05) is 13.1 Å². The molecule has 1 heterocycles. The van der Waals surface area contributed by atoms with Crippen molar-refractivity contribution in [1.29, 1.82) is 0 Å². The van der Waals surface area contributed by atoms with Gasteiger partial charge in [-0.25, -0.2) is 0 Å². The van der Waals surface area contributed by atoms with Gasteiger partial charge in [-0.2, -0.15) is 0 Å². The van der Waals surface area contributed by atoms with Crippen molar-refractivity contribution in [3.05, 3.63) is 0 Å². The van der Waals surface area contributed by atoms with Gasteiger partial charge in [0.25, 0.3) is 0 Å². The van der Waals surface area contributed by atoms with Gasteiger partial charge in [0.1, 0.15) is 0 Å². The van der Waals surface area contributed by atoms with Gasteiger partial charge in [-0.15, -0.1) is 0 Å². The maximum absolute atomic E-state index is 12.8. The molecule has 4 heteroatoms. The first-order valence-corrected chi connectivity index (χ1v) is 7.98. The summed E-state index contributed by atoms with van der Waals surface area (Å²) in [4.78, 5) is 26.3. The van der Waals surface area contributed by atoms with Crippen LogP contribution in [0.5, 0.6) is 0 Å². The van der Waals surface area contributed by atoms with E-state index in [4.69, 9.17) is 0 Å². The number of rotatable bonds is 5. The Balaban J connectivity index is 1.72. The van der Waals surface area contributed by atoms with E-state index >= 15 is 0 Å². The second-order valence-electron chi connectivity index (χ2n) is 7.33. The third-order valence-corrected chi connectivity index (χ3v) is 5.69. The predicted molar refractivity (Wildman–Crippen MR) is 75.0 cm³/mol. The molecule has 3 rings (SSSR count). The van der Waals surface area contributed by atoms with E-state index in [0.717, 1.165) is 0 Å². The van der Waals surface area contributed by atoms with E-state index in [-0.39, 0.29) is 17.7 Å². The second kappa shape index (κ2) is 4.74. The number of carbonyl (C=O) groups is 2. The van der Waals surface area contributed by atoms with Gasteiger partial charge in [-0.05, 0) is 49.9 Å². The number of amides is 1. The van der Waals surface area contributed by atoms with Gasteiger partial charge < -0.3 is 10.0 Å². The molecule has 1 aliphatic heterocycles. The van der Waals surface area contributed by atoms with Gasteiger partial charge in [0.2, 0.25) is 5.91 Å². The molecular formula is C16H25NO3.